The number of aromatic nitrogens is 1. The van der Waals surface area contributed by atoms with Crippen molar-refractivity contribution in [2.75, 3.05) is 18.4 Å². The number of thiazole rings is 1. The number of carbonyl (C=O) groups is 1. The first-order chi connectivity index (χ1) is 15.0. The molecular weight excluding hydrogens is 430 g/mol. The van der Waals surface area contributed by atoms with E-state index >= 15 is 0 Å². The fourth-order valence-electron chi connectivity index (χ4n) is 4.22. The summed E-state index contributed by atoms with van der Waals surface area (Å²) in [6, 6.07) is 12.6. The number of amides is 1. The van der Waals surface area contributed by atoms with Crippen LogP contribution in [0.4, 0.5) is 5.13 Å². The maximum atomic E-state index is 12.6. The number of nitrogens with one attached hydrogen (secondary N) is 1. The minimum Gasteiger partial charge on any atom is -0.298 e. The van der Waals surface area contributed by atoms with E-state index in [0.29, 0.717) is 23.8 Å². The lowest BCUT2D eigenvalue weighted by molar-refractivity contribution is 0.102. The van der Waals surface area contributed by atoms with Gasteiger partial charge in [-0.05, 0) is 73.6 Å². The summed E-state index contributed by atoms with van der Waals surface area (Å²) in [5, 5.41) is 5.29. The van der Waals surface area contributed by atoms with Crippen LogP contribution in [0.15, 0.2) is 52.7 Å². The summed E-state index contributed by atoms with van der Waals surface area (Å²) in [6.07, 6.45) is 5.24. The lowest BCUT2D eigenvalue weighted by Gasteiger charge is -2.15. The summed E-state index contributed by atoms with van der Waals surface area (Å²) < 4.78 is 26.8. The maximum Gasteiger partial charge on any atom is 0.257 e. The van der Waals surface area contributed by atoms with Gasteiger partial charge in [-0.3, -0.25) is 10.1 Å². The molecule has 1 amide bonds. The fourth-order valence-corrected chi connectivity index (χ4v) is 6.45. The Bertz CT molecular complexity index is 1230. The zero-order valence-electron chi connectivity index (χ0n) is 17.0. The molecule has 0 radical (unpaired) electrons. The molecule has 0 saturated carbocycles. The van der Waals surface area contributed by atoms with E-state index in [0.717, 1.165) is 36.9 Å². The monoisotopic (exact) mass is 453 g/mol. The van der Waals surface area contributed by atoms with Crippen LogP contribution in [0.5, 0.6) is 0 Å². The third kappa shape index (κ3) is 4.03. The fraction of sp³-hybridized carbons (Fsp3) is 0.304. The highest BCUT2D eigenvalue weighted by Crippen LogP contribution is 2.30. The van der Waals surface area contributed by atoms with E-state index in [1.165, 1.54) is 45.3 Å². The predicted octanol–water partition coefficient (Wildman–Crippen LogP) is 4.34. The molecular formula is C23H23N3O3S2. The molecule has 1 saturated heterocycles. The number of hydrogen-bond donors (Lipinski definition) is 1. The van der Waals surface area contributed by atoms with Crippen LogP contribution >= 0.6 is 11.3 Å². The van der Waals surface area contributed by atoms with Gasteiger partial charge in [0.2, 0.25) is 10.0 Å². The van der Waals surface area contributed by atoms with Crippen molar-refractivity contribution in [3.63, 3.8) is 0 Å². The quantitative estimate of drug-likeness (QED) is 0.623. The third-order valence-corrected chi connectivity index (χ3v) is 8.61. The van der Waals surface area contributed by atoms with Crippen LogP contribution in [0.2, 0.25) is 0 Å². The van der Waals surface area contributed by atoms with E-state index in [4.69, 9.17) is 0 Å². The average molecular weight is 454 g/mol. The summed E-state index contributed by atoms with van der Waals surface area (Å²) >= 11 is 1.38. The Morgan fingerprint density at radius 3 is 2.48 bits per heavy atom. The van der Waals surface area contributed by atoms with Crippen LogP contribution in [0.1, 0.15) is 40.7 Å². The summed E-state index contributed by atoms with van der Waals surface area (Å²) in [5.74, 6) is -0.306. The number of nitrogens with zero attached hydrogens (tertiary/aromatic N) is 2. The molecule has 5 rings (SSSR count). The van der Waals surface area contributed by atoms with Crippen molar-refractivity contribution in [3.8, 4) is 11.3 Å². The highest BCUT2D eigenvalue weighted by Gasteiger charge is 2.27. The molecule has 0 spiro atoms. The summed E-state index contributed by atoms with van der Waals surface area (Å²) in [4.78, 5) is 17.4. The highest BCUT2D eigenvalue weighted by molar-refractivity contribution is 7.89. The molecule has 2 heterocycles. The number of benzene rings is 2. The maximum absolute atomic E-state index is 12.6. The normalized spacial score (nSPS) is 16.4. The molecule has 160 valence electrons. The van der Waals surface area contributed by atoms with E-state index < -0.39 is 10.0 Å². The lowest BCUT2D eigenvalue weighted by atomic mass is 10.1. The topological polar surface area (TPSA) is 79.4 Å². The number of fused-ring (bicyclic) bond motifs is 1. The largest absolute Gasteiger partial charge is 0.298 e. The van der Waals surface area contributed by atoms with Crippen LogP contribution < -0.4 is 5.32 Å². The zero-order valence-corrected chi connectivity index (χ0v) is 18.6. The molecule has 8 heteroatoms. The molecule has 1 aliphatic carbocycles. The smallest absolute Gasteiger partial charge is 0.257 e. The van der Waals surface area contributed by atoms with Crippen LogP contribution in [0.3, 0.4) is 0 Å². The second-order valence-electron chi connectivity index (χ2n) is 7.96. The first-order valence-corrected chi connectivity index (χ1v) is 12.8. The van der Waals surface area contributed by atoms with E-state index in [1.807, 2.05) is 5.38 Å². The van der Waals surface area contributed by atoms with Crippen LogP contribution in [-0.4, -0.2) is 36.7 Å². The molecule has 2 aromatic carbocycles. The van der Waals surface area contributed by atoms with Gasteiger partial charge in [-0.1, -0.05) is 12.1 Å². The Balaban J connectivity index is 1.28. The molecule has 0 unspecified atom stereocenters. The second-order valence-corrected chi connectivity index (χ2v) is 10.8. The van der Waals surface area contributed by atoms with Crippen molar-refractivity contribution < 1.29 is 13.2 Å². The lowest BCUT2D eigenvalue weighted by Crippen LogP contribution is -2.27. The molecule has 1 aromatic heterocycles. The molecule has 3 aromatic rings. The van der Waals surface area contributed by atoms with E-state index in [1.54, 1.807) is 12.1 Å². The van der Waals surface area contributed by atoms with Gasteiger partial charge in [-0.15, -0.1) is 11.3 Å². The first-order valence-electron chi connectivity index (χ1n) is 10.5. The molecule has 31 heavy (non-hydrogen) atoms. The number of sulfonamides is 1. The van der Waals surface area contributed by atoms with Gasteiger partial charge in [-0.25, -0.2) is 13.4 Å². The summed E-state index contributed by atoms with van der Waals surface area (Å²) in [5.41, 5.74) is 5.12. The Morgan fingerprint density at radius 1 is 0.968 bits per heavy atom. The van der Waals surface area contributed by atoms with Crippen molar-refractivity contribution in [1.82, 2.24) is 9.29 Å². The standard InChI is InChI=1S/C23H23N3O3S2/c27-22(17-8-10-20(11-9-17)31(28,29)26-12-1-2-13-26)25-23-24-21(15-30-23)19-7-6-16-4-3-5-18(16)14-19/h6-11,14-15H,1-5,12-13H2,(H,24,25,27). The third-order valence-electron chi connectivity index (χ3n) is 5.94. The summed E-state index contributed by atoms with van der Waals surface area (Å²) in [6.45, 7) is 1.11. The summed E-state index contributed by atoms with van der Waals surface area (Å²) in [7, 11) is -3.48. The van der Waals surface area contributed by atoms with Gasteiger partial charge in [-0.2, -0.15) is 4.31 Å². The Hall–Kier alpha value is -2.55. The van der Waals surface area contributed by atoms with Crippen LogP contribution in [-0.2, 0) is 22.9 Å². The SMILES string of the molecule is O=C(Nc1nc(-c2ccc3c(c2)CCC3)cs1)c1ccc(S(=O)(=O)N2CCCC2)cc1. The van der Waals surface area contributed by atoms with Gasteiger partial charge in [0.25, 0.3) is 5.91 Å². The Morgan fingerprint density at radius 2 is 1.71 bits per heavy atom. The van der Waals surface area contributed by atoms with Crippen molar-refractivity contribution in [2.24, 2.45) is 0 Å². The molecule has 6 nitrogen and oxygen atoms in total. The number of carbonyl (C=O) groups excluding carboxylic acids is 1. The highest BCUT2D eigenvalue weighted by atomic mass is 32.2. The second kappa shape index (κ2) is 8.18. The molecule has 1 N–H and O–H groups in total. The van der Waals surface area contributed by atoms with Crippen molar-refractivity contribution in [3.05, 3.63) is 64.5 Å². The van der Waals surface area contributed by atoms with Gasteiger partial charge >= 0.3 is 0 Å². The van der Waals surface area contributed by atoms with Crippen LogP contribution in [0.25, 0.3) is 11.3 Å². The predicted molar refractivity (Wildman–Crippen MR) is 122 cm³/mol. The first kappa shape index (κ1) is 20.4. The minimum absolute atomic E-state index is 0.221. The number of hydrogen-bond acceptors (Lipinski definition) is 5. The van der Waals surface area contributed by atoms with Gasteiger partial charge in [0, 0.05) is 29.6 Å². The number of aryl methyl sites for hydroxylation is 2. The Labute approximate surface area is 186 Å². The van der Waals surface area contributed by atoms with E-state index in [-0.39, 0.29) is 10.8 Å². The van der Waals surface area contributed by atoms with Crippen LogP contribution in [0, 0.1) is 0 Å². The molecule has 1 aliphatic heterocycles. The van der Waals surface area contributed by atoms with Gasteiger partial charge in [0.1, 0.15) is 0 Å². The number of anilines is 1. The minimum atomic E-state index is -3.48. The molecule has 0 bridgehead atoms. The van der Waals surface area contributed by atoms with Gasteiger partial charge in [0.15, 0.2) is 5.13 Å². The molecule has 1 fully saturated rings. The number of rotatable bonds is 5. The molecule has 2 aliphatic rings. The van der Waals surface area contributed by atoms with Crippen molar-refractivity contribution >= 4 is 32.4 Å². The average Bonchev–Trinajstić information content (AvgIpc) is 3.54. The van der Waals surface area contributed by atoms with E-state index in [9.17, 15) is 13.2 Å². The van der Waals surface area contributed by atoms with Gasteiger partial charge in [0.05, 0.1) is 10.6 Å². The van der Waals surface area contributed by atoms with Crippen molar-refractivity contribution in [2.45, 2.75) is 37.0 Å². The zero-order chi connectivity index (χ0) is 21.4. The molecule has 0 atom stereocenters. The van der Waals surface area contributed by atoms with E-state index in [2.05, 4.69) is 28.5 Å². The van der Waals surface area contributed by atoms with Crippen molar-refractivity contribution in [1.29, 1.82) is 0 Å². The Kier molecular flexibility index (Phi) is 5.37. The van der Waals surface area contributed by atoms with Gasteiger partial charge < -0.3 is 0 Å².